The third-order valence-electron chi connectivity index (χ3n) is 3.78. The van der Waals surface area contributed by atoms with Crippen LogP contribution in [0, 0.1) is 11.8 Å². The minimum Gasteiger partial charge on any atom is -0.307 e. The molecule has 0 fully saturated rings. The van der Waals surface area contributed by atoms with Crippen molar-refractivity contribution in [2.45, 2.75) is 20.0 Å². The lowest BCUT2D eigenvalue weighted by Crippen LogP contribution is -2.13. The first-order chi connectivity index (χ1) is 11.8. The fourth-order valence-corrected chi connectivity index (χ4v) is 2.57. The van der Waals surface area contributed by atoms with E-state index >= 15 is 0 Å². The molecular weight excluding hydrogens is 292 g/mol. The van der Waals surface area contributed by atoms with Crippen molar-refractivity contribution >= 4 is 0 Å². The van der Waals surface area contributed by atoms with Gasteiger partial charge in [0.1, 0.15) is 0 Å². The highest BCUT2D eigenvalue weighted by Gasteiger charge is 2.00. The Hall–Kier alpha value is -2.89. The first kappa shape index (κ1) is 16.0. The lowest BCUT2D eigenvalue weighted by molar-refractivity contribution is 0.680. The van der Waals surface area contributed by atoms with E-state index in [1.54, 1.807) is 0 Å². The van der Waals surface area contributed by atoms with Gasteiger partial charge in [-0.25, -0.2) is 0 Å². The van der Waals surface area contributed by atoms with Gasteiger partial charge in [0.15, 0.2) is 0 Å². The highest BCUT2D eigenvalue weighted by molar-refractivity contribution is 5.65. The van der Waals surface area contributed by atoms with Crippen LogP contribution in [0.4, 0.5) is 0 Å². The number of aromatic nitrogens is 1. The fraction of sp³-hybridized carbons (Fsp3) is 0.136. The van der Waals surface area contributed by atoms with E-state index in [2.05, 4.69) is 64.6 Å². The Kier molecular flexibility index (Phi) is 5.40. The van der Waals surface area contributed by atoms with E-state index in [4.69, 9.17) is 0 Å². The van der Waals surface area contributed by atoms with Crippen molar-refractivity contribution in [2.75, 3.05) is 0 Å². The topological polar surface area (TPSA) is 24.9 Å². The Morgan fingerprint density at radius 3 is 2.50 bits per heavy atom. The monoisotopic (exact) mass is 312 g/mol. The lowest BCUT2D eigenvalue weighted by atomic mass is 10.0. The summed E-state index contributed by atoms with van der Waals surface area (Å²) < 4.78 is 0. The number of nitrogens with zero attached hydrogens (tertiary/aromatic N) is 1. The maximum atomic E-state index is 4.31. The van der Waals surface area contributed by atoms with Crippen LogP contribution in [-0.2, 0) is 13.1 Å². The molecule has 24 heavy (non-hydrogen) atoms. The molecule has 2 aromatic carbocycles. The van der Waals surface area contributed by atoms with Crippen LogP contribution >= 0.6 is 0 Å². The molecule has 0 aliphatic rings. The molecule has 1 N–H and O–H groups in total. The molecule has 0 spiro atoms. The van der Waals surface area contributed by atoms with Gasteiger partial charge in [-0.1, -0.05) is 48.4 Å². The van der Waals surface area contributed by atoms with Crippen LogP contribution in [0.2, 0.25) is 0 Å². The van der Waals surface area contributed by atoms with Crippen LogP contribution in [0.25, 0.3) is 11.1 Å². The molecule has 0 aliphatic carbocycles. The highest BCUT2D eigenvalue weighted by atomic mass is 14.9. The zero-order valence-corrected chi connectivity index (χ0v) is 13.8. The predicted molar refractivity (Wildman–Crippen MR) is 99.2 cm³/mol. The molecule has 0 amide bonds. The van der Waals surface area contributed by atoms with E-state index in [9.17, 15) is 0 Å². The van der Waals surface area contributed by atoms with Crippen molar-refractivity contribution in [3.8, 4) is 23.0 Å². The summed E-state index contributed by atoms with van der Waals surface area (Å²) in [5, 5.41) is 3.42. The van der Waals surface area contributed by atoms with Crippen molar-refractivity contribution in [1.29, 1.82) is 0 Å². The van der Waals surface area contributed by atoms with Gasteiger partial charge in [0.2, 0.25) is 0 Å². The van der Waals surface area contributed by atoms with Crippen LogP contribution in [0.5, 0.6) is 0 Å². The molecule has 2 nitrogen and oxygen atoms in total. The zero-order chi connectivity index (χ0) is 16.6. The average Bonchev–Trinajstić information content (AvgIpc) is 2.64. The molecule has 3 rings (SSSR count). The van der Waals surface area contributed by atoms with E-state index in [1.807, 2.05) is 37.4 Å². The standard InChI is InChI=1S/C22H20N2/c1-2-6-18-7-5-8-21(15-18)20-12-10-19(11-13-20)16-23-17-22-9-3-4-14-24-22/h3-5,7-15,23H,16-17H2,1H3. The van der Waals surface area contributed by atoms with E-state index in [0.29, 0.717) is 0 Å². The van der Waals surface area contributed by atoms with Gasteiger partial charge in [0.25, 0.3) is 0 Å². The van der Waals surface area contributed by atoms with Crippen LogP contribution < -0.4 is 5.32 Å². The maximum Gasteiger partial charge on any atom is 0.0541 e. The largest absolute Gasteiger partial charge is 0.307 e. The third kappa shape index (κ3) is 4.32. The minimum absolute atomic E-state index is 0.778. The van der Waals surface area contributed by atoms with Crippen LogP contribution in [0.3, 0.4) is 0 Å². The van der Waals surface area contributed by atoms with E-state index in [0.717, 1.165) is 24.3 Å². The number of hydrogen-bond acceptors (Lipinski definition) is 2. The molecule has 0 atom stereocenters. The second-order valence-electron chi connectivity index (χ2n) is 5.58. The number of pyridine rings is 1. The molecule has 0 saturated carbocycles. The highest BCUT2D eigenvalue weighted by Crippen LogP contribution is 2.20. The fourth-order valence-electron chi connectivity index (χ4n) is 2.57. The van der Waals surface area contributed by atoms with Crippen molar-refractivity contribution in [2.24, 2.45) is 0 Å². The Labute approximate surface area is 143 Å². The van der Waals surface area contributed by atoms with Gasteiger partial charge < -0.3 is 5.32 Å². The summed E-state index contributed by atoms with van der Waals surface area (Å²) in [6.45, 7) is 3.47. The summed E-state index contributed by atoms with van der Waals surface area (Å²) in [4.78, 5) is 4.31. The molecule has 2 heteroatoms. The quantitative estimate of drug-likeness (QED) is 0.706. The molecule has 0 radical (unpaired) electrons. The first-order valence-electron chi connectivity index (χ1n) is 8.08. The Bertz CT molecular complexity index is 840. The number of hydrogen-bond donors (Lipinski definition) is 1. The molecule has 0 bridgehead atoms. The molecule has 0 aliphatic heterocycles. The Balaban J connectivity index is 1.62. The van der Waals surface area contributed by atoms with Crippen LogP contribution in [0.1, 0.15) is 23.7 Å². The zero-order valence-electron chi connectivity index (χ0n) is 13.8. The van der Waals surface area contributed by atoms with Gasteiger partial charge in [-0.05, 0) is 47.9 Å². The van der Waals surface area contributed by atoms with E-state index in [-0.39, 0.29) is 0 Å². The predicted octanol–water partition coefficient (Wildman–Crippen LogP) is 4.41. The summed E-state index contributed by atoms with van der Waals surface area (Å²) in [7, 11) is 0. The normalized spacial score (nSPS) is 10.0. The molecular formula is C22H20N2. The number of rotatable bonds is 5. The van der Waals surface area contributed by atoms with Gasteiger partial charge in [-0.2, -0.15) is 0 Å². The van der Waals surface area contributed by atoms with Gasteiger partial charge >= 0.3 is 0 Å². The molecule has 3 aromatic rings. The number of benzene rings is 2. The summed E-state index contributed by atoms with van der Waals surface area (Å²) in [6.07, 6.45) is 1.82. The van der Waals surface area contributed by atoms with Gasteiger partial charge in [-0.15, -0.1) is 5.92 Å². The lowest BCUT2D eigenvalue weighted by Gasteiger charge is -2.07. The first-order valence-corrected chi connectivity index (χ1v) is 8.08. The minimum atomic E-state index is 0.778. The van der Waals surface area contributed by atoms with Gasteiger partial charge in [-0.3, -0.25) is 4.98 Å². The number of nitrogens with one attached hydrogen (secondary N) is 1. The van der Waals surface area contributed by atoms with Gasteiger partial charge in [0.05, 0.1) is 5.69 Å². The average molecular weight is 312 g/mol. The smallest absolute Gasteiger partial charge is 0.0541 e. The summed E-state index contributed by atoms with van der Waals surface area (Å²) in [5.41, 5.74) is 5.78. The molecule has 0 unspecified atom stereocenters. The molecule has 0 saturated heterocycles. The van der Waals surface area contributed by atoms with Crippen LogP contribution in [0.15, 0.2) is 72.9 Å². The Morgan fingerprint density at radius 2 is 1.75 bits per heavy atom. The third-order valence-corrected chi connectivity index (χ3v) is 3.78. The Morgan fingerprint density at radius 1 is 0.875 bits per heavy atom. The molecule has 1 heterocycles. The molecule has 118 valence electrons. The maximum absolute atomic E-state index is 4.31. The van der Waals surface area contributed by atoms with Crippen molar-refractivity contribution in [3.05, 3.63) is 89.7 Å². The van der Waals surface area contributed by atoms with Crippen molar-refractivity contribution < 1.29 is 0 Å². The summed E-state index contributed by atoms with van der Waals surface area (Å²) in [6, 6.07) is 23.0. The second kappa shape index (κ2) is 8.10. The van der Waals surface area contributed by atoms with Gasteiger partial charge in [0, 0.05) is 24.8 Å². The van der Waals surface area contributed by atoms with Crippen molar-refractivity contribution in [1.82, 2.24) is 10.3 Å². The SMILES string of the molecule is CC#Cc1cccc(-c2ccc(CNCc3ccccn3)cc2)c1. The van der Waals surface area contributed by atoms with Crippen LogP contribution in [-0.4, -0.2) is 4.98 Å². The van der Waals surface area contributed by atoms with E-state index in [1.165, 1.54) is 16.7 Å². The summed E-state index contributed by atoms with van der Waals surface area (Å²) >= 11 is 0. The molecule has 1 aromatic heterocycles. The summed E-state index contributed by atoms with van der Waals surface area (Å²) in [5.74, 6) is 6.05. The second-order valence-corrected chi connectivity index (χ2v) is 5.58. The van der Waals surface area contributed by atoms with E-state index < -0.39 is 0 Å². The van der Waals surface area contributed by atoms with Crippen molar-refractivity contribution in [3.63, 3.8) is 0 Å².